The molecule has 1 aromatic carbocycles. The lowest BCUT2D eigenvalue weighted by molar-refractivity contribution is -0.136. The highest BCUT2D eigenvalue weighted by molar-refractivity contribution is 6.46. The Morgan fingerprint density at radius 3 is 2.71 bits per heavy atom. The predicted molar refractivity (Wildman–Crippen MR) is 83.4 cm³/mol. The van der Waals surface area contributed by atoms with Crippen LogP contribution in [0.2, 0.25) is 0 Å². The molecule has 0 aliphatic carbocycles. The van der Waals surface area contributed by atoms with Crippen LogP contribution in [0.15, 0.2) is 29.4 Å². The number of imide groups is 1. The molecule has 0 radical (unpaired) electrons. The number of anilines is 1. The number of ether oxygens (including phenoxy) is 1. The Morgan fingerprint density at radius 1 is 1.29 bits per heavy atom. The number of esters is 1. The molecule has 1 fully saturated rings. The Bertz CT molecular complexity index is 786. The van der Waals surface area contributed by atoms with Gasteiger partial charge in [0.05, 0.1) is 12.3 Å². The molecule has 2 aliphatic rings. The number of amides is 2. The fraction of sp³-hybridized carbons (Fsp3) is 0.312. The minimum atomic E-state index is -1.02. The van der Waals surface area contributed by atoms with E-state index in [0.29, 0.717) is 5.56 Å². The van der Waals surface area contributed by atoms with E-state index in [4.69, 9.17) is 4.74 Å². The van der Waals surface area contributed by atoms with E-state index < -0.39 is 29.7 Å². The fourth-order valence-corrected chi connectivity index (χ4v) is 2.78. The van der Waals surface area contributed by atoms with Crippen LogP contribution in [-0.2, 0) is 19.1 Å². The van der Waals surface area contributed by atoms with E-state index in [1.165, 1.54) is 13.0 Å². The lowest BCUT2D eigenvalue weighted by Gasteiger charge is -2.16. The van der Waals surface area contributed by atoms with Crippen LogP contribution in [0.5, 0.6) is 0 Å². The van der Waals surface area contributed by atoms with Gasteiger partial charge in [0.25, 0.3) is 5.91 Å². The molecule has 2 amide bonds. The van der Waals surface area contributed by atoms with Gasteiger partial charge in [-0.3, -0.25) is 19.8 Å². The molecule has 24 heavy (non-hydrogen) atoms. The van der Waals surface area contributed by atoms with Crippen LogP contribution in [0.1, 0.15) is 24.2 Å². The highest BCUT2D eigenvalue weighted by Gasteiger charge is 2.55. The van der Waals surface area contributed by atoms with Crippen molar-refractivity contribution in [2.24, 2.45) is 11.0 Å². The van der Waals surface area contributed by atoms with Gasteiger partial charge >= 0.3 is 5.97 Å². The maximum absolute atomic E-state index is 12.7. The summed E-state index contributed by atoms with van der Waals surface area (Å²) in [7, 11) is 0. The first-order chi connectivity index (χ1) is 11.5. The average Bonchev–Trinajstić information content (AvgIpc) is 3.09. The van der Waals surface area contributed by atoms with Gasteiger partial charge in [-0.15, -0.1) is 0 Å². The van der Waals surface area contributed by atoms with Crippen LogP contribution in [0.25, 0.3) is 0 Å². The number of hydrazone groups is 1. The average molecular weight is 329 g/mol. The topological polar surface area (TPSA) is 105 Å². The van der Waals surface area contributed by atoms with Crippen molar-refractivity contribution in [1.82, 2.24) is 5.43 Å². The summed E-state index contributed by atoms with van der Waals surface area (Å²) in [5.74, 6) is -3.00. The van der Waals surface area contributed by atoms with E-state index in [9.17, 15) is 19.2 Å². The molecule has 2 aliphatic heterocycles. The number of carbonyl (C=O) groups is 4. The number of nitrogens with zero attached hydrogens (tertiary/aromatic N) is 2. The zero-order valence-electron chi connectivity index (χ0n) is 13.1. The summed E-state index contributed by atoms with van der Waals surface area (Å²) >= 11 is 0. The molecule has 8 heteroatoms. The zero-order chi connectivity index (χ0) is 17.4. The molecular formula is C16H15N3O5. The molecule has 8 nitrogen and oxygen atoms in total. The number of Topliss-reactive ketones (excluding diaryl/α,β-unsaturated/α-hetero) is 1. The van der Waals surface area contributed by atoms with Gasteiger partial charge in [-0.25, -0.2) is 9.69 Å². The maximum atomic E-state index is 12.7. The van der Waals surface area contributed by atoms with E-state index >= 15 is 0 Å². The molecule has 2 atom stereocenters. The van der Waals surface area contributed by atoms with Crippen LogP contribution < -0.4 is 10.3 Å². The van der Waals surface area contributed by atoms with Gasteiger partial charge in [0.1, 0.15) is 12.0 Å². The number of hydrogen-bond donors (Lipinski definition) is 1. The second-order valence-corrected chi connectivity index (χ2v) is 5.42. The Labute approximate surface area is 137 Å². The second kappa shape index (κ2) is 5.88. The Kier molecular flexibility index (Phi) is 3.88. The van der Waals surface area contributed by atoms with Crippen molar-refractivity contribution in [1.29, 1.82) is 0 Å². The molecule has 124 valence electrons. The number of rotatable bonds is 4. The molecule has 0 aromatic heterocycles. The summed E-state index contributed by atoms with van der Waals surface area (Å²) in [6.07, 6.45) is 0. The van der Waals surface area contributed by atoms with Gasteiger partial charge in [-0.05, 0) is 26.0 Å². The number of nitrogens with one attached hydrogen (secondary N) is 1. The van der Waals surface area contributed by atoms with Crippen molar-refractivity contribution < 1.29 is 23.9 Å². The predicted octanol–water partition coefficient (Wildman–Crippen LogP) is 0.269. The Hall–Kier alpha value is -3.03. The molecule has 0 unspecified atom stereocenters. The van der Waals surface area contributed by atoms with E-state index in [1.807, 2.05) is 0 Å². The van der Waals surface area contributed by atoms with Crippen LogP contribution in [-0.4, -0.2) is 41.9 Å². The minimum absolute atomic E-state index is 0.106. The van der Waals surface area contributed by atoms with Crippen molar-refractivity contribution in [3.05, 3.63) is 29.8 Å². The summed E-state index contributed by atoms with van der Waals surface area (Å²) in [6, 6.07) is 5.29. The number of hydrogen-bond acceptors (Lipinski definition) is 7. The third kappa shape index (κ3) is 2.36. The summed E-state index contributed by atoms with van der Waals surface area (Å²) in [5.41, 5.74) is 3.10. The van der Waals surface area contributed by atoms with E-state index in [0.717, 1.165) is 4.90 Å². The van der Waals surface area contributed by atoms with Crippen LogP contribution in [0, 0.1) is 5.92 Å². The lowest BCUT2D eigenvalue weighted by Crippen LogP contribution is -2.36. The number of fused-ring (bicyclic) bond motifs is 1. The molecule has 0 bridgehead atoms. The smallest absolute Gasteiger partial charge is 0.355 e. The first-order valence-electron chi connectivity index (χ1n) is 7.44. The molecular weight excluding hydrogens is 314 g/mol. The fourth-order valence-electron chi connectivity index (χ4n) is 2.78. The van der Waals surface area contributed by atoms with Gasteiger partial charge in [0.15, 0.2) is 11.5 Å². The molecule has 1 saturated heterocycles. The molecule has 0 spiro atoms. The zero-order valence-corrected chi connectivity index (χ0v) is 13.1. The highest BCUT2D eigenvalue weighted by Crippen LogP contribution is 2.31. The van der Waals surface area contributed by atoms with Gasteiger partial charge < -0.3 is 4.74 Å². The quantitative estimate of drug-likeness (QED) is 0.483. The Balaban J connectivity index is 1.94. The standard InChI is InChI=1S/C16H15N3O5/c1-3-24-16(23)13-11-12(17-18-13)15(22)19(14(11)21)10-6-4-5-9(7-10)8(2)20/h4-7,11-12,17H,3H2,1-2H3/t11-,12-/m1/s1. The van der Waals surface area contributed by atoms with Crippen molar-refractivity contribution in [2.45, 2.75) is 19.9 Å². The molecule has 1 N–H and O–H groups in total. The summed E-state index contributed by atoms with van der Waals surface area (Å²) < 4.78 is 4.87. The van der Waals surface area contributed by atoms with Crippen LogP contribution in [0.4, 0.5) is 5.69 Å². The molecule has 3 rings (SSSR count). The summed E-state index contributed by atoms with van der Waals surface area (Å²) in [6.45, 7) is 3.18. The van der Waals surface area contributed by atoms with Gasteiger partial charge in [0, 0.05) is 5.56 Å². The number of carbonyl (C=O) groups excluding carboxylic acids is 4. The maximum Gasteiger partial charge on any atom is 0.355 e. The highest BCUT2D eigenvalue weighted by atomic mass is 16.5. The summed E-state index contributed by atoms with van der Waals surface area (Å²) in [4.78, 5) is 49.6. The van der Waals surface area contributed by atoms with Crippen molar-refractivity contribution in [3.63, 3.8) is 0 Å². The van der Waals surface area contributed by atoms with Gasteiger partial charge in [-0.2, -0.15) is 5.10 Å². The van der Waals surface area contributed by atoms with E-state index in [2.05, 4.69) is 10.5 Å². The second-order valence-electron chi connectivity index (χ2n) is 5.42. The number of benzene rings is 1. The monoisotopic (exact) mass is 329 g/mol. The first-order valence-corrected chi connectivity index (χ1v) is 7.44. The number of ketones is 1. The molecule has 1 aromatic rings. The SMILES string of the molecule is CCOC(=O)C1=NN[C@H]2C(=O)N(c3cccc(C(C)=O)c3)C(=O)[C@@H]12. The lowest BCUT2D eigenvalue weighted by atomic mass is 9.99. The third-order valence-electron chi connectivity index (χ3n) is 3.92. The van der Waals surface area contributed by atoms with Crippen molar-refractivity contribution in [2.75, 3.05) is 11.5 Å². The van der Waals surface area contributed by atoms with Crippen molar-refractivity contribution >= 4 is 35.0 Å². The molecule has 2 heterocycles. The first kappa shape index (κ1) is 15.9. The minimum Gasteiger partial charge on any atom is -0.461 e. The Morgan fingerprint density at radius 2 is 2.04 bits per heavy atom. The van der Waals surface area contributed by atoms with Crippen molar-refractivity contribution in [3.8, 4) is 0 Å². The van der Waals surface area contributed by atoms with Crippen LogP contribution >= 0.6 is 0 Å². The normalized spacial score (nSPS) is 22.1. The van der Waals surface area contributed by atoms with Crippen LogP contribution in [0.3, 0.4) is 0 Å². The molecule has 0 saturated carbocycles. The largest absolute Gasteiger partial charge is 0.461 e. The third-order valence-corrected chi connectivity index (χ3v) is 3.92. The summed E-state index contributed by atoms with van der Waals surface area (Å²) in [5, 5.41) is 3.78. The van der Waals surface area contributed by atoms with Gasteiger partial charge in [-0.1, -0.05) is 12.1 Å². The van der Waals surface area contributed by atoms with E-state index in [-0.39, 0.29) is 23.8 Å². The van der Waals surface area contributed by atoms with Gasteiger partial charge in [0.2, 0.25) is 5.91 Å². The van der Waals surface area contributed by atoms with E-state index in [1.54, 1.807) is 25.1 Å².